The maximum absolute atomic E-state index is 5.93. The fourth-order valence-electron chi connectivity index (χ4n) is 2.25. The highest BCUT2D eigenvalue weighted by Crippen LogP contribution is 2.39. The molecule has 1 aromatic carbocycles. The number of benzene rings is 1. The van der Waals surface area contributed by atoms with Gasteiger partial charge < -0.3 is 0 Å². The van der Waals surface area contributed by atoms with Gasteiger partial charge >= 0.3 is 0 Å². The molecule has 0 bridgehead atoms. The van der Waals surface area contributed by atoms with Crippen molar-refractivity contribution in [3.05, 3.63) is 35.1 Å². The summed E-state index contributed by atoms with van der Waals surface area (Å²) in [6.45, 7) is 2.05. The quantitative estimate of drug-likeness (QED) is 0.654. The first kappa shape index (κ1) is 14.6. The zero-order chi connectivity index (χ0) is 15.8. The molecule has 0 amide bonds. The standard InChI is InChI=1S/C13H13ClN8S/c1-8(12-15-17-19-21(12)10-6-7-10)23-13-16-18-20-22(13)11-4-2-9(14)3-5-11/h2-5,8,10H,6-7H2,1H3/t8-/m0/s1. The van der Waals surface area contributed by atoms with Gasteiger partial charge in [0.15, 0.2) is 5.82 Å². The Balaban J connectivity index is 1.58. The molecule has 1 saturated carbocycles. The molecule has 0 spiro atoms. The van der Waals surface area contributed by atoms with Crippen molar-refractivity contribution >= 4 is 23.4 Å². The average Bonchev–Trinajstić information content (AvgIpc) is 3.09. The molecule has 0 radical (unpaired) electrons. The van der Waals surface area contributed by atoms with Crippen LogP contribution < -0.4 is 0 Å². The summed E-state index contributed by atoms with van der Waals surface area (Å²) in [6.07, 6.45) is 2.27. The number of hydrogen-bond donors (Lipinski definition) is 0. The van der Waals surface area contributed by atoms with Crippen LogP contribution in [0.15, 0.2) is 29.4 Å². The van der Waals surface area contributed by atoms with Gasteiger partial charge in [0.2, 0.25) is 5.16 Å². The Labute approximate surface area is 141 Å². The molecule has 2 heterocycles. The minimum Gasteiger partial charge on any atom is -0.225 e. The Morgan fingerprint density at radius 3 is 2.61 bits per heavy atom. The summed E-state index contributed by atoms with van der Waals surface area (Å²) in [5.41, 5.74) is 0.857. The largest absolute Gasteiger partial charge is 0.225 e. The molecular formula is C13H13ClN8S. The summed E-state index contributed by atoms with van der Waals surface area (Å²) in [4.78, 5) is 0. The lowest BCUT2D eigenvalue weighted by atomic mass is 10.3. The number of aromatic nitrogens is 8. The molecule has 1 aliphatic rings. The maximum atomic E-state index is 5.93. The summed E-state index contributed by atoms with van der Waals surface area (Å²) < 4.78 is 3.59. The van der Waals surface area contributed by atoms with E-state index < -0.39 is 0 Å². The lowest BCUT2D eigenvalue weighted by molar-refractivity contribution is 0.583. The normalized spacial score (nSPS) is 15.7. The van der Waals surface area contributed by atoms with E-state index in [1.54, 1.807) is 4.68 Å². The van der Waals surface area contributed by atoms with Crippen LogP contribution in [0, 0.1) is 0 Å². The maximum Gasteiger partial charge on any atom is 0.214 e. The highest BCUT2D eigenvalue weighted by molar-refractivity contribution is 7.99. The molecule has 118 valence electrons. The number of rotatable bonds is 5. The molecule has 0 aliphatic heterocycles. The van der Waals surface area contributed by atoms with E-state index in [1.807, 2.05) is 28.9 Å². The van der Waals surface area contributed by atoms with Gasteiger partial charge in [-0.1, -0.05) is 23.4 Å². The Morgan fingerprint density at radius 2 is 1.87 bits per heavy atom. The average molecular weight is 349 g/mol. The highest BCUT2D eigenvalue weighted by atomic mass is 35.5. The smallest absolute Gasteiger partial charge is 0.214 e. The fourth-order valence-corrected chi connectivity index (χ4v) is 3.28. The Kier molecular flexibility index (Phi) is 3.74. The summed E-state index contributed by atoms with van der Waals surface area (Å²) in [6, 6.07) is 7.81. The van der Waals surface area contributed by atoms with Gasteiger partial charge in [-0.3, -0.25) is 0 Å². The molecule has 0 saturated heterocycles. The third-order valence-corrected chi connectivity index (χ3v) is 4.85. The number of hydrogen-bond acceptors (Lipinski definition) is 7. The number of halogens is 1. The first-order valence-corrected chi connectivity index (χ1v) is 8.47. The van der Waals surface area contributed by atoms with Crippen molar-refractivity contribution in [2.75, 3.05) is 0 Å². The van der Waals surface area contributed by atoms with Gasteiger partial charge in [-0.2, -0.15) is 4.68 Å². The van der Waals surface area contributed by atoms with Crippen LogP contribution in [-0.4, -0.2) is 40.4 Å². The molecule has 1 atom stereocenters. The van der Waals surface area contributed by atoms with E-state index in [0.29, 0.717) is 16.2 Å². The number of tetrazole rings is 2. The minimum absolute atomic E-state index is 0.0441. The molecular weight excluding hydrogens is 336 g/mol. The van der Waals surface area contributed by atoms with Crippen molar-refractivity contribution in [2.24, 2.45) is 0 Å². The van der Waals surface area contributed by atoms with Gasteiger partial charge in [-0.15, -0.1) is 10.2 Å². The van der Waals surface area contributed by atoms with E-state index in [2.05, 4.69) is 38.0 Å². The first-order valence-electron chi connectivity index (χ1n) is 7.21. The Bertz CT molecular complexity index is 810. The highest BCUT2D eigenvalue weighted by Gasteiger charge is 2.30. The SMILES string of the molecule is C[C@H](Sc1nnnn1-c1ccc(Cl)cc1)c1nnnn1C1CC1. The van der Waals surface area contributed by atoms with Gasteiger partial charge in [-0.05, 0) is 64.9 Å². The second-order valence-electron chi connectivity index (χ2n) is 5.32. The van der Waals surface area contributed by atoms with E-state index in [1.165, 1.54) is 11.8 Å². The van der Waals surface area contributed by atoms with Crippen molar-refractivity contribution in [1.29, 1.82) is 0 Å². The third-order valence-electron chi connectivity index (χ3n) is 3.57. The van der Waals surface area contributed by atoms with E-state index >= 15 is 0 Å². The lowest BCUT2D eigenvalue weighted by Crippen LogP contribution is -2.06. The van der Waals surface area contributed by atoms with Crippen molar-refractivity contribution in [3.8, 4) is 5.69 Å². The van der Waals surface area contributed by atoms with Crippen molar-refractivity contribution in [2.45, 2.75) is 36.2 Å². The van der Waals surface area contributed by atoms with E-state index in [0.717, 1.165) is 24.4 Å². The predicted molar refractivity (Wildman–Crippen MR) is 84.5 cm³/mol. The fraction of sp³-hybridized carbons (Fsp3) is 0.385. The molecule has 3 aromatic rings. The van der Waals surface area contributed by atoms with Crippen LogP contribution in [0.5, 0.6) is 0 Å². The molecule has 2 aromatic heterocycles. The molecule has 4 rings (SSSR count). The summed E-state index contributed by atoms with van der Waals surface area (Å²) in [5.74, 6) is 0.850. The summed E-state index contributed by atoms with van der Waals surface area (Å²) in [7, 11) is 0. The lowest BCUT2D eigenvalue weighted by Gasteiger charge is -2.10. The van der Waals surface area contributed by atoms with E-state index in [4.69, 9.17) is 11.6 Å². The molecule has 8 nitrogen and oxygen atoms in total. The Morgan fingerprint density at radius 1 is 1.13 bits per heavy atom. The van der Waals surface area contributed by atoms with Crippen LogP contribution in [0.3, 0.4) is 0 Å². The van der Waals surface area contributed by atoms with Gasteiger partial charge in [-0.25, -0.2) is 4.68 Å². The second kappa shape index (κ2) is 5.89. The number of nitrogens with zero attached hydrogens (tertiary/aromatic N) is 8. The molecule has 0 unspecified atom stereocenters. The minimum atomic E-state index is 0.0441. The Hall–Kier alpha value is -2.00. The molecule has 23 heavy (non-hydrogen) atoms. The van der Waals surface area contributed by atoms with Crippen LogP contribution in [0.1, 0.15) is 36.9 Å². The topological polar surface area (TPSA) is 87.2 Å². The first-order chi connectivity index (χ1) is 11.2. The van der Waals surface area contributed by atoms with Gasteiger partial charge in [0.25, 0.3) is 0 Å². The zero-order valence-corrected chi connectivity index (χ0v) is 13.8. The van der Waals surface area contributed by atoms with Crippen LogP contribution in [0.4, 0.5) is 0 Å². The predicted octanol–water partition coefficient (Wildman–Crippen LogP) is 2.49. The monoisotopic (exact) mass is 348 g/mol. The second-order valence-corrected chi connectivity index (χ2v) is 7.07. The molecule has 1 aliphatic carbocycles. The molecule has 1 fully saturated rings. The van der Waals surface area contributed by atoms with Gasteiger partial charge in [0.1, 0.15) is 0 Å². The van der Waals surface area contributed by atoms with Crippen LogP contribution in [0.2, 0.25) is 5.02 Å². The third kappa shape index (κ3) is 2.93. The van der Waals surface area contributed by atoms with Gasteiger partial charge in [0.05, 0.1) is 17.0 Å². The zero-order valence-electron chi connectivity index (χ0n) is 12.2. The van der Waals surface area contributed by atoms with Crippen LogP contribution in [-0.2, 0) is 0 Å². The van der Waals surface area contributed by atoms with Crippen molar-refractivity contribution in [1.82, 2.24) is 40.4 Å². The molecule has 0 N–H and O–H groups in total. The van der Waals surface area contributed by atoms with Crippen LogP contribution in [0.25, 0.3) is 5.69 Å². The van der Waals surface area contributed by atoms with E-state index in [-0.39, 0.29) is 5.25 Å². The number of thioether (sulfide) groups is 1. The molecule has 10 heteroatoms. The van der Waals surface area contributed by atoms with Crippen LogP contribution >= 0.6 is 23.4 Å². The van der Waals surface area contributed by atoms with Crippen molar-refractivity contribution in [3.63, 3.8) is 0 Å². The summed E-state index contributed by atoms with van der Waals surface area (Å²) >= 11 is 7.45. The van der Waals surface area contributed by atoms with Gasteiger partial charge in [0, 0.05) is 5.02 Å². The van der Waals surface area contributed by atoms with Crippen molar-refractivity contribution < 1.29 is 0 Å². The summed E-state index contributed by atoms with van der Waals surface area (Å²) in [5, 5.41) is 25.4. The van der Waals surface area contributed by atoms with E-state index in [9.17, 15) is 0 Å².